The van der Waals surface area contributed by atoms with Crippen molar-refractivity contribution in [3.05, 3.63) is 82.0 Å². The molecule has 0 radical (unpaired) electrons. The molecule has 1 amide bonds. The number of rotatable bonds is 11. The lowest BCUT2D eigenvalue weighted by Gasteiger charge is -2.20. The molecule has 1 N–H and O–H groups in total. The van der Waals surface area contributed by atoms with Crippen LogP contribution in [0.4, 0.5) is 5.69 Å². The van der Waals surface area contributed by atoms with Crippen LogP contribution in [0, 0.1) is 6.92 Å². The number of aromatic nitrogens is 1. The van der Waals surface area contributed by atoms with Crippen LogP contribution >= 0.6 is 46.9 Å². The van der Waals surface area contributed by atoms with E-state index in [4.69, 9.17) is 11.6 Å². The van der Waals surface area contributed by atoms with Crippen LogP contribution < -0.4 is 5.32 Å². The third-order valence-electron chi connectivity index (χ3n) is 5.41. The van der Waals surface area contributed by atoms with E-state index in [0.717, 1.165) is 38.9 Å². The van der Waals surface area contributed by atoms with Crippen molar-refractivity contribution in [1.82, 2.24) is 4.98 Å². The summed E-state index contributed by atoms with van der Waals surface area (Å²) < 4.78 is 0. The predicted molar refractivity (Wildman–Crippen MR) is 152 cm³/mol. The van der Waals surface area contributed by atoms with E-state index in [0.29, 0.717) is 10.8 Å². The molecule has 0 saturated carbocycles. The Bertz CT molecular complexity index is 1060. The predicted octanol–water partition coefficient (Wildman–Crippen LogP) is 8.44. The minimum absolute atomic E-state index is 0.0310. The van der Waals surface area contributed by atoms with Crippen molar-refractivity contribution in [2.45, 2.75) is 54.0 Å². The Labute approximate surface area is 221 Å². The number of carbonyl (C=O) groups excluding carboxylic acids is 1. The van der Waals surface area contributed by atoms with E-state index in [1.165, 1.54) is 18.4 Å². The second-order valence-corrected chi connectivity index (χ2v) is 11.2. The molecular formula is C27H31ClN2OS3. The number of halogens is 1. The highest BCUT2D eigenvalue weighted by molar-refractivity contribution is 8.00. The monoisotopic (exact) mass is 530 g/mol. The molecule has 3 aromatic rings. The van der Waals surface area contributed by atoms with Gasteiger partial charge in [-0.2, -0.15) is 0 Å². The van der Waals surface area contributed by atoms with E-state index < -0.39 is 0 Å². The van der Waals surface area contributed by atoms with Crippen molar-refractivity contribution in [1.29, 1.82) is 0 Å². The van der Waals surface area contributed by atoms with Crippen molar-refractivity contribution in [2.75, 3.05) is 17.8 Å². The first-order valence-corrected chi connectivity index (χ1v) is 15.2. The summed E-state index contributed by atoms with van der Waals surface area (Å²) in [6, 6.07) is 18.3. The van der Waals surface area contributed by atoms with Gasteiger partial charge in [0.2, 0.25) is 5.91 Å². The molecule has 180 valence electrons. The van der Waals surface area contributed by atoms with Crippen LogP contribution in [-0.2, 0) is 17.0 Å². The Morgan fingerprint density at radius 3 is 2.32 bits per heavy atom. The second-order valence-electron chi connectivity index (χ2n) is 8.00. The summed E-state index contributed by atoms with van der Waals surface area (Å²) in [6.45, 7) is 4.18. The topological polar surface area (TPSA) is 42.0 Å². The van der Waals surface area contributed by atoms with Gasteiger partial charge < -0.3 is 5.32 Å². The number of anilines is 1. The first-order valence-electron chi connectivity index (χ1n) is 11.3. The fourth-order valence-electron chi connectivity index (χ4n) is 3.55. The summed E-state index contributed by atoms with van der Waals surface area (Å²) in [5.41, 5.74) is 5.20. The summed E-state index contributed by atoms with van der Waals surface area (Å²) in [6.07, 6.45) is 7.42. The Morgan fingerprint density at radius 2 is 1.71 bits per heavy atom. The van der Waals surface area contributed by atoms with E-state index in [1.54, 1.807) is 35.3 Å². The number of carbonyl (C=O) groups is 1. The first-order chi connectivity index (χ1) is 16.4. The van der Waals surface area contributed by atoms with Crippen molar-refractivity contribution in [3.63, 3.8) is 0 Å². The number of amides is 1. The lowest BCUT2D eigenvalue weighted by molar-refractivity contribution is -0.115. The van der Waals surface area contributed by atoms with Gasteiger partial charge in [-0.1, -0.05) is 61.3 Å². The average Bonchev–Trinajstić information content (AvgIpc) is 2.85. The smallest absolute Gasteiger partial charge is 0.242 e. The molecule has 1 unspecified atom stereocenters. The van der Waals surface area contributed by atoms with Gasteiger partial charge in [0.1, 0.15) is 10.3 Å². The minimum Gasteiger partial charge on any atom is -0.322 e. The summed E-state index contributed by atoms with van der Waals surface area (Å²) in [5.74, 6) is 0.681. The van der Waals surface area contributed by atoms with Gasteiger partial charge in [-0.3, -0.25) is 4.79 Å². The normalized spacial score (nSPS) is 11.9. The number of pyridine rings is 1. The highest BCUT2D eigenvalue weighted by atomic mass is 35.5. The van der Waals surface area contributed by atoms with Gasteiger partial charge in [-0.15, -0.1) is 35.3 Å². The molecule has 0 aliphatic heterocycles. The van der Waals surface area contributed by atoms with Crippen LogP contribution in [0.5, 0.6) is 0 Å². The number of nitrogens with one attached hydrogen (secondary N) is 1. The van der Waals surface area contributed by atoms with Crippen LogP contribution in [0.2, 0.25) is 5.02 Å². The van der Waals surface area contributed by atoms with Gasteiger partial charge in [-0.05, 0) is 67.2 Å². The quantitative estimate of drug-likeness (QED) is 0.252. The minimum atomic E-state index is -0.346. The zero-order valence-electron chi connectivity index (χ0n) is 20.1. The maximum Gasteiger partial charge on any atom is 0.242 e. The van der Waals surface area contributed by atoms with Crippen LogP contribution in [0.3, 0.4) is 0 Å². The van der Waals surface area contributed by atoms with E-state index >= 15 is 0 Å². The molecule has 0 saturated heterocycles. The molecule has 3 rings (SSSR count). The van der Waals surface area contributed by atoms with Crippen molar-refractivity contribution in [3.8, 4) is 0 Å². The van der Waals surface area contributed by atoms with Crippen molar-refractivity contribution in [2.24, 2.45) is 0 Å². The van der Waals surface area contributed by atoms with Gasteiger partial charge in [0.25, 0.3) is 0 Å². The van der Waals surface area contributed by atoms with Gasteiger partial charge in [0.05, 0.1) is 5.69 Å². The molecule has 0 fully saturated rings. The van der Waals surface area contributed by atoms with Crippen molar-refractivity contribution < 1.29 is 4.79 Å². The van der Waals surface area contributed by atoms with E-state index in [2.05, 4.69) is 41.5 Å². The lowest BCUT2D eigenvalue weighted by Crippen LogP contribution is -2.20. The third kappa shape index (κ3) is 7.45. The molecule has 0 aliphatic rings. The zero-order chi connectivity index (χ0) is 24.5. The SMILES string of the molecule is CCCCc1ccc(C(SCc2ccc(Cl)cc2)C(=O)Nc2c(SC)cc(C)nc2SC)cc1. The number of hydrogen-bond acceptors (Lipinski definition) is 5. The molecule has 0 aliphatic carbocycles. The molecule has 3 nitrogen and oxygen atoms in total. The van der Waals surface area contributed by atoms with Gasteiger partial charge >= 0.3 is 0 Å². The fraction of sp³-hybridized carbons (Fsp3) is 0.333. The summed E-state index contributed by atoms with van der Waals surface area (Å²) in [5, 5.41) is 4.43. The number of benzene rings is 2. The Morgan fingerprint density at radius 1 is 1.03 bits per heavy atom. The molecule has 2 aromatic carbocycles. The van der Waals surface area contributed by atoms with Gasteiger partial charge in [0, 0.05) is 21.4 Å². The Hall–Kier alpha value is -1.60. The average molecular weight is 531 g/mol. The van der Waals surface area contributed by atoms with Crippen LogP contribution in [-0.4, -0.2) is 23.4 Å². The molecular weight excluding hydrogens is 500 g/mol. The van der Waals surface area contributed by atoms with E-state index in [-0.39, 0.29) is 11.2 Å². The number of thioether (sulfide) groups is 3. The molecule has 34 heavy (non-hydrogen) atoms. The maximum atomic E-state index is 13.7. The molecule has 0 bridgehead atoms. The summed E-state index contributed by atoms with van der Waals surface area (Å²) in [4.78, 5) is 19.3. The molecule has 7 heteroatoms. The van der Waals surface area contributed by atoms with Crippen LogP contribution in [0.25, 0.3) is 0 Å². The Balaban J connectivity index is 1.88. The third-order valence-corrected chi connectivity index (χ3v) is 8.42. The molecule has 1 heterocycles. The zero-order valence-corrected chi connectivity index (χ0v) is 23.3. The highest BCUT2D eigenvalue weighted by Gasteiger charge is 2.24. The summed E-state index contributed by atoms with van der Waals surface area (Å²) >= 11 is 10.8. The van der Waals surface area contributed by atoms with Crippen molar-refractivity contribution >= 4 is 58.5 Å². The number of nitrogens with zero attached hydrogens (tertiary/aromatic N) is 1. The lowest BCUT2D eigenvalue weighted by atomic mass is 10.0. The largest absolute Gasteiger partial charge is 0.322 e. The molecule has 1 atom stereocenters. The number of hydrogen-bond donors (Lipinski definition) is 1. The standard InChI is InChI=1S/C27H31ClN2OS3/c1-5-6-7-19-8-12-21(13-9-19)25(34-17-20-10-14-22(28)15-11-20)26(31)30-24-23(32-3)16-18(2)29-27(24)33-4/h8-16,25H,5-7,17H2,1-4H3,(H,30,31). The van der Waals surface area contributed by atoms with Gasteiger partial charge in [0.15, 0.2) is 0 Å². The second kappa shape index (κ2) is 13.5. The summed E-state index contributed by atoms with van der Waals surface area (Å²) in [7, 11) is 0. The van der Waals surface area contributed by atoms with E-state index in [9.17, 15) is 4.79 Å². The maximum absolute atomic E-state index is 13.7. The van der Waals surface area contributed by atoms with Crippen LogP contribution in [0.1, 0.15) is 47.4 Å². The number of unbranched alkanes of at least 4 members (excludes halogenated alkanes) is 1. The van der Waals surface area contributed by atoms with Gasteiger partial charge in [-0.25, -0.2) is 4.98 Å². The number of aryl methyl sites for hydroxylation is 2. The van der Waals surface area contributed by atoms with Crippen LogP contribution in [0.15, 0.2) is 64.5 Å². The molecule has 0 spiro atoms. The highest BCUT2D eigenvalue weighted by Crippen LogP contribution is 2.37. The molecule has 1 aromatic heterocycles. The van der Waals surface area contributed by atoms with E-state index in [1.807, 2.05) is 49.8 Å². The fourth-order valence-corrected chi connectivity index (χ4v) is 6.09. The first kappa shape index (κ1) is 27.0. The Kier molecular flexibility index (Phi) is 10.7.